The molecule has 2 fully saturated rings. The molecule has 1 saturated carbocycles. The molecular formula is C26H30FN3O5. The van der Waals surface area contributed by atoms with E-state index in [1.165, 1.54) is 12.1 Å². The van der Waals surface area contributed by atoms with E-state index in [1.807, 2.05) is 6.07 Å². The largest absolute Gasteiger partial charge is 0.487 e. The maximum atomic E-state index is 13.8. The third kappa shape index (κ3) is 5.26. The third-order valence-electron chi connectivity index (χ3n) is 7.01. The maximum absolute atomic E-state index is 13.8. The van der Waals surface area contributed by atoms with Crippen molar-refractivity contribution in [2.45, 2.75) is 68.8 Å². The van der Waals surface area contributed by atoms with Gasteiger partial charge in [-0.05, 0) is 49.6 Å². The summed E-state index contributed by atoms with van der Waals surface area (Å²) in [7, 11) is 0. The van der Waals surface area contributed by atoms with Crippen LogP contribution in [0.15, 0.2) is 42.5 Å². The van der Waals surface area contributed by atoms with Gasteiger partial charge in [0, 0.05) is 23.2 Å². The molecule has 0 bridgehead atoms. The average Bonchev–Trinajstić information content (AvgIpc) is 3.47. The van der Waals surface area contributed by atoms with Crippen molar-refractivity contribution >= 4 is 23.3 Å². The molecule has 0 aromatic heterocycles. The summed E-state index contributed by atoms with van der Waals surface area (Å²) in [4.78, 5) is 25.0. The van der Waals surface area contributed by atoms with E-state index in [-0.39, 0.29) is 48.8 Å². The number of urea groups is 1. The molecule has 4 N–H and O–H groups in total. The van der Waals surface area contributed by atoms with Gasteiger partial charge in [0.05, 0.1) is 24.8 Å². The molecule has 1 saturated heterocycles. The van der Waals surface area contributed by atoms with Gasteiger partial charge in [0.15, 0.2) is 0 Å². The van der Waals surface area contributed by atoms with Crippen LogP contribution in [0.1, 0.15) is 50.0 Å². The van der Waals surface area contributed by atoms with Gasteiger partial charge in [-0.15, -0.1) is 0 Å². The molecule has 2 heterocycles. The van der Waals surface area contributed by atoms with Crippen molar-refractivity contribution in [1.29, 1.82) is 0 Å². The Hall–Kier alpha value is -3.17. The predicted molar refractivity (Wildman–Crippen MR) is 128 cm³/mol. The van der Waals surface area contributed by atoms with E-state index < -0.39 is 18.0 Å². The highest BCUT2D eigenvalue weighted by Crippen LogP contribution is 2.47. The first-order chi connectivity index (χ1) is 17.0. The first kappa shape index (κ1) is 23.6. The lowest BCUT2D eigenvalue weighted by Crippen LogP contribution is -2.47. The number of carbonyl (C=O) groups is 2. The van der Waals surface area contributed by atoms with Gasteiger partial charge < -0.3 is 30.5 Å². The Morgan fingerprint density at radius 2 is 1.89 bits per heavy atom. The highest BCUT2D eigenvalue weighted by atomic mass is 19.1. The van der Waals surface area contributed by atoms with Gasteiger partial charge in [0.25, 0.3) is 0 Å². The number of hydrogen-bond donors (Lipinski definition) is 4. The van der Waals surface area contributed by atoms with E-state index in [0.717, 1.165) is 31.2 Å². The molecule has 186 valence electrons. The van der Waals surface area contributed by atoms with Crippen LogP contribution in [0.2, 0.25) is 0 Å². The van der Waals surface area contributed by atoms with Gasteiger partial charge in [-0.2, -0.15) is 0 Å². The molecular weight excluding hydrogens is 453 g/mol. The SMILES string of the molecule is O=C(C[C@@H]1C[C@@H]2c3cc(NC(=O)Nc4ccccc4F)ccc3O[C@@H]2[C@@H](CO)O1)NC1CCCC1. The number of amides is 3. The molecule has 2 aliphatic heterocycles. The smallest absolute Gasteiger partial charge is 0.323 e. The lowest BCUT2D eigenvalue weighted by molar-refractivity contribution is -0.142. The summed E-state index contributed by atoms with van der Waals surface area (Å²) >= 11 is 0. The summed E-state index contributed by atoms with van der Waals surface area (Å²) in [6.45, 7) is -0.216. The highest BCUT2D eigenvalue weighted by Gasteiger charge is 2.46. The van der Waals surface area contributed by atoms with E-state index >= 15 is 0 Å². The maximum Gasteiger partial charge on any atom is 0.323 e. The average molecular weight is 484 g/mol. The third-order valence-corrected chi connectivity index (χ3v) is 7.01. The molecule has 3 amide bonds. The van der Waals surface area contributed by atoms with Crippen LogP contribution in [-0.4, -0.2) is 48.0 Å². The summed E-state index contributed by atoms with van der Waals surface area (Å²) in [6.07, 6.45) is 3.86. The number of ether oxygens (including phenoxy) is 2. The molecule has 5 rings (SSSR count). The fraction of sp³-hybridized carbons (Fsp3) is 0.462. The summed E-state index contributed by atoms with van der Waals surface area (Å²) in [5.74, 6) is 0.0271. The second kappa shape index (κ2) is 10.2. The normalized spacial score (nSPS) is 25.3. The molecule has 0 spiro atoms. The molecule has 4 atom stereocenters. The zero-order valence-corrected chi connectivity index (χ0v) is 19.3. The van der Waals surface area contributed by atoms with Crippen molar-refractivity contribution in [2.24, 2.45) is 0 Å². The number of hydrogen-bond acceptors (Lipinski definition) is 5. The summed E-state index contributed by atoms with van der Waals surface area (Å²) in [5.41, 5.74) is 1.51. The van der Waals surface area contributed by atoms with Crippen LogP contribution in [0.25, 0.3) is 0 Å². The number of anilines is 2. The number of halogens is 1. The number of para-hydroxylation sites is 1. The number of benzene rings is 2. The zero-order valence-electron chi connectivity index (χ0n) is 19.3. The van der Waals surface area contributed by atoms with Gasteiger partial charge in [-0.25, -0.2) is 9.18 Å². The monoisotopic (exact) mass is 483 g/mol. The minimum absolute atomic E-state index is 0.0311. The lowest BCUT2D eigenvalue weighted by atomic mass is 9.84. The van der Waals surface area contributed by atoms with Gasteiger partial charge in [-0.3, -0.25) is 4.79 Å². The van der Waals surface area contributed by atoms with Gasteiger partial charge >= 0.3 is 6.03 Å². The van der Waals surface area contributed by atoms with Crippen LogP contribution >= 0.6 is 0 Å². The number of aliphatic hydroxyl groups excluding tert-OH is 1. The minimum Gasteiger partial charge on any atom is -0.487 e. The van der Waals surface area contributed by atoms with E-state index in [2.05, 4.69) is 16.0 Å². The first-order valence-electron chi connectivity index (χ1n) is 12.2. The summed E-state index contributed by atoms with van der Waals surface area (Å²) < 4.78 is 26.0. The Kier molecular flexibility index (Phi) is 6.88. The first-order valence-corrected chi connectivity index (χ1v) is 12.2. The van der Waals surface area contributed by atoms with Gasteiger partial charge in [0.1, 0.15) is 23.8 Å². The Bertz CT molecular complexity index is 1090. The standard InChI is InChI=1S/C26H30FN3O5/c27-20-7-3-4-8-21(20)30-26(33)29-16-9-10-22-18(11-16)19-12-17(34-23(14-31)25(19)35-22)13-24(32)28-15-5-1-2-6-15/h3-4,7-11,15,17,19,23,25,31H,1-2,5-6,12-14H2,(H,28,32)(H2,29,30,33)/t17-,19+,23+,25-/m0/s1. The molecule has 8 nitrogen and oxygen atoms in total. The van der Waals surface area contributed by atoms with Crippen LogP contribution < -0.4 is 20.7 Å². The molecule has 0 unspecified atom stereocenters. The topological polar surface area (TPSA) is 109 Å². The molecule has 1 aliphatic carbocycles. The number of carbonyl (C=O) groups excluding carboxylic acids is 2. The van der Waals surface area contributed by atoms with Crippen LogP contribution in [0, 0.1) is 5.82 Å². The fourth-order valence-corrected chi connectivity index (χ4v) is 5.38. The van der Waals surface area contributed by atoms with Crippen molar-refractivity contribution < 1.29 is 28.6 Å². The second-order valence-corrected chi connectivity index (χ2v) is 9.47. The Labute approximate surface area is 203 Å². The van der Waals surface area contributed by atoms with Crippen molar-refractivity contribution in [2.75, 3.05) is 17.2 Å². The van der Waals surface area contributed by atoms with E-state index in [4.69, 9.17) is 9.47 Å². The molecule has 9 heteroatoms. The number of nitrogens with one attached hydrogen (secondary N) is 3. The molecule has 0 radical (unpaired) electrons. The predicted octanol–water partition coefficient (Wildman–Crippen LogP) is 3.91. The second-order valence-electron chi connectivity index (χ2n) is 9.47. The van der Waals surface area contributed by atoms with E-state index in [9.17, 15) is 19.1 Å². The van der Waals surface area contributed by atoms with Crippen molar-refractivity contribution in [3.63, 3.8) is 0 Å². The number of rotatable bonds is 6. The lowest BCUT2D eigenvalue weighted by Gasteiger charge is -2.37. The minimum atomic E-state index is -0.563. The quantitative estimate of drug-likeness (QED) is 0.498. The van der Waals surface area contributed by atoms with Crippen molar-refractivity contribution in [3.8, 4) is 5.75 Å². The van der Waals surface area contributed by atoms with Crippen LogP contribution in [0.4, 0.5) is 20.6 Å². The van der Waals surface area contributed by atoms with Crippen LogP contribution in [0.3, 0.4) is 0 Å². The Morgan fingerprint density at radius 3 is 2.66 bits per heavy atom. The van der Waals surface area contributed by atoms with Crippen molar-refractivity contribution in [1.82, 2.24) is 5.32 Å². The molecule has 35 heavy (non-hydrogen) atoms. The van der Waals surface area contributed by atoms with E-state index in [1.54, 1.807) is 24.3 Å². The Balaban J connectivity index is 1.26. The van der Waals surface area contributed by atoms with Crippen molar-refractivity contribution in [3.05, 3.63) is 53.8 Å². The molecule has 3 aliphatic rings. The molecule has 2 aromatic rings. The Morgan fingerprint density at radius 1 is 1.09 bits per heavy atom. The fourth-order valence-electron chi connectivity index (χ4n) is 5.38. The summed E-state index contributed by atoms with van der Waals surface area (Å²) in [5, 5.41) is 18.3. The van der Waals surface area contributed by atoms with Crippen LogP contribution in [-0.2, 0) is 9.53 Å². The number of fused-ring (bicyclic) bond motifs is 3. The zero-order chi connectivity index (χ0) is 24.4. The van der Waals surface area contributed by atoms with Gasteiger partial charge in [0.2, 0.25) is 5.91 Å². The summed E-state index contributed by atoms with van der Waals surface area (Å²) in [6, 6.07) is 10.9. The van der Waals surface area contributed by atoms with E-state index in [0.29, 0.717) is 17.9 Å². The van der Waals surface area contributed by atoms with Crippen LogP contribution in [0.5, 0.6) is 5.75 Å². The highest BCUT2D eigenvalue weighted by molar-refractivity contribution is 5.99. The number of aliphatic hydroxyl groups is 1. The molecule has 2 aromatic carbocycles. The van der Waals surface area contributed by atoms with Gasteiger partial charge in [-0.1, -0.05) is 25.0 Å².